The minimum Gasteiger partial charge on any atom is -0.507 e. The standard InChI is InChI=1S/C17H14ClF3N4O4.C12H7ClF3N3O2.C5H8ClNO2/c18-10-1-2-12(29-16(27)25-3-5-28-6-4-25)11(7-10)15(26)24-14-9-22-13(8-23-14)17(19,20)21;13-6-1-2-8(20)7(3-6)11(21)19-10-5-17-9(4-18-10)12(14,15)16;6-5(8)7-1-3-9-4-2-7/h1-2,7-9H,3-6H2,(H,23,24,26);1-5,20H,(H,18,19,21);1-4H2. The molecule has 316 valence electrons. The zero-order valence-corrected chi connectivity index (χ0v) is 32.1. The van der Waals surface area contributed by atoms with Gasteiger partial charge >= 0.3 is 23.8 Å². The Morgan fingerprint density at radius 3 is 1.53 bits per heavy atom. The summed E-state index contributed by atoms with van der Waals surface area (Å²) >= 11 is 16.8. The van der Waals surface area contributed by atoms with Crippen LogP contribution in [0.4, 0.5) is 47.6 Å². The summed E-state index contributed by atoms with van der Waals surface area (Å²) < 4.78 is 90.0. The van der Waals surface area contributed by atoms with Crippen molar-refractivity contribution in [2.45, 2.75) is 12.4 Å². The van der Waals surface area contributed by atoms with E-state index >= 15 is 0 Å². The molecule has 6 rings (SSSR count). The number of ether oxygens (including phenoxy) is 3. The number of benzene rings is 2. The number of hydrogen-bond acceptors (Lipinski definition) is 12. The Balaban J connectivity index is 0.000000222. The van der Waals surface area contributed by atoms with Gasteiger partial charge in [0.1, 0.15) is 11.5 Å². The van der Waals surface area contributed by atoms with Gasteiger partial charge in [-0.3, -0.25) is 14.4 Å². The third kappa shape index (κ3) is 14.4. The Hall–Kier alpha value is -5.55. The van der Waals surface area contributed by atoms with Crippen molar-refractivity contribution in [3.8, 4) is 11.5 Å². The second-order valence-electron chi connectivity index (χ2n) is 11.6. The molecule has 25 heteroatoms. The van der Waals surface area contributed by atoms with Crippen LogP contribution in [0, 0.1) is 0 Å². The number of alkyl halides is 6. The van der Waals surface area contributed by atoms with Crippen molar-refractivity contribution in [1.82, 2.24) is 29.7 Å². The van der Waals surface area contributed by atoms with Gasteiger partial charge in [0.05, 0.1) is 62.3 Å². The highest BCUT2D eigenvalue weighted by Crippen LogP contribution is 2.29. The van der Waals surface area contributed by atoms with Gasteiger partial charge < -0.3 is 39.8 Å². The molecular weight excluding hydrogens is 869 g/mol. The molecule has 0 aliphatic carbocycles. The summed E-state index contributed by atoms with van der Waals surface area (Å²) in [6.07, 6.45) is -7.41. The number of carbonyl (C=O) groups is 4. The number of nitrogens with one attached hydrogen (secondary N) is 2. The highest BCUT2D eigenvalue weighted by molar-refractivity contribution is 6.62. The number of halogens is 9. The van der Waals surface area contributed by atoms with Crippen LogP contribution >= 0.6 is 34.8 Å². The van der Waals surface area contributed by atoms with Crippen LogP contribution in [0.5, 0.6) is 11.5 Å². The van der Waals surface area contributed by atoms with E-state index in [0.717, 1.165) is 12.4 Å². The number of phenols is 1. The van der Waals surface area contributed by atoms with E-state index in [1.165, 1.54) is 41.3 Å². The van der Waals surface area contributed by atoms with Gasteiger partial charge in [-0.15, -0.1) is 0 Å². The quantitative estimate of drug-likeness (QED) is 0.105. The maximum atomic E-state index is 12.6. The molecule has 4 amide bonds. The second-order valence-corrected chi connectivity index (χ2v) is 12.8. The van der Waals surface area contributed by atoms with Crippen LogP contribution in [0.25, 0.3) is 0 Å². The van der Waals surface area contributed by atoms with Crippen molar-refractivity contribution in [2.24, 2.45) is 0 Å². The molecule has 0 unspecified atom stereocenters. The van der Waals surface area contributed by atoms with Gasteiger partial charge in [0, 0.05) is 36.2 Å². The van der Waals surface area contributed by atoms with E-state index in [1.807, 2.05) is 0 Å². The summed E-state index contributed by atoms with van der Waals surface area (Å²) in [5, 5.41) is 14.1. The molecule has 3 N–H and O–H groups in total. The van der Waals surface area contributed by atoms with Gasteiger partial charge in [-0.25, -0.2) is 24.7 Å². The summed E-state index contributed by atoms with van der Waals surface area (Å²) in [5.74, 6) is -2.35. The first-order valence-electron chi connectivity index (χ1n) is 16.6. The molecule has 2 saturated heterocycles. The Bertz CT molecular complexity index is 2090. The molecule has 0 saturated carbocycles. The van der Waals surface area contributed by atoms with Crippen molar-refractivity contribution in [3.63, 3.8) is 0 Å². The number of anilines is 2. The number of rotatable bonds is 5. The predicted molar refractivity (Wildman–Crippen MR) is 197 cm³/mol. The number of hydrogen-bond donors (Lipinski definition) is 3. The molecule has 2 aromatic heterocycles. The summed E-state index contributed by atoms with van der Waals surface area (Å²) in [5.41, 5.74) is -2.60. The molecule has 2 aromatic carbocycles. The Labute approximate surface area is 344 Å². The normalized spacial score (nSPS) is 14.1. The van der Waals surface area contributed by atoms with Crippen molar-refractivity contribution in [3.05, 3.63) is 93.7 Å². The predicted octanol–water partition coefficient (Wildman–Crippen LogP) is 7.02. The van der Waals surface area contributed by atoms with Crippen LogP contribution in [0.1, 0.15) is 32.1 Å². The lowest BCUT2D eigenvalue weighted by molar-refractivity contribution is -0.142. The van der Waals surface area contributed by atoms with Crippen molar-refractivity contribution >= 4 is 69.7 Å². The number of morpholine rings is 2. The first-order chi connectivity index (χ1) is 27.8. The molecule has 0 atom stereocenters. The molecule has 59 heavy (non-hydrogen) atoms. The Morgan fingerprint density at radius 1 is 0.661 bits per heavy atom. The highest BCUT2D eigenvalue weighted by Gasteiger charge is 2.34. The fraction of sp³-hybridized carbons (Fsp3) is 0.294. The first-order valence-corrected chi connectivity index (χ1v) is 17.7. The van der Waals surface area contributed by atoms with Gasteiger partial charge in [0.15, 0.2) is 23.0 Å². The fourth-order valence-electron chi connectivity index (χ4n) is 4.55. The SMILES string of the molecule is O=C(Cl)N1CCOCC1.O=C(Nc1cnc(C(F)(F)F)cn1)c1cc(Cl)ccc1O.O=C(Nc1cnc(C(F)(F)F)cn1)c1cc(Cl)ccc1OC(=O)N1CCOCC1. The molecule has 16 nitrogen and oxygen atoms in total. The lowest BCUT2D eigenvalue weighted by Crippen LogP contribution is -2.42. The first kappa shape index (κ1) is 46.1. The zero-order valence-electron chi connectivity index (χ0n) is 29.8. The van der Waals surface area contributed by atoms with E-state index in [0.29, 0.717) is 65.0 Å². The summed E-state index contributed by atoms with van der Waals surface area (Å²) in [4.78, 5) is 63.4. The Morgan fingerprint density at radius 2 is 1.10 bits per heavy atom. The molecule has 0 spiro atoms. The van der Waals surface area contributed by atoms with Gasteiger partial charge in [-0.2, -0.15) is 26.3 Å². The molecule has 2 fully saturated rings. The van der Waals surface area contributed by atoms with Crippen LogP contribution < -0.4 is 15.4 Å². The van der Waals surface area contributed by atoms with Crippen LogP contribution in [-0.4, -0.2) is 111 Å². The monoisotopic (exact) mass is 896 g/mol. The average molecular weight is 898 g/mol. The minimum atomic E-state index is -4.65. The smallest absolute Gasteiger partial charge is 0.434 e. The largest absolute Gasteiger partial charge is 0.507 e. The summed E-state index contributed by atoms with van der Waals surface area (Å²) in [6, 6.07) is 7.84. The zero-order chi connectivity index (χ0) is 43.3. The third-order valence-electron chi connectivity index (χ3n) is 7.48. The maximum Gasteiger partial charge on any atom is 0.434 e. The molecule has 0 radical (unpaired) electrons. The maximum absolute atomic E-state index is 12.6. The molecule has 4 aromatic rings. The number of nitrogens with zero attached hydrogens (tertiary/aromatic N) is 6. The van der Waals surface area contributed by atoms with Crippen LogP contribution in [-0.2, 0) is 21.8 Å². The van der Waals surface area contributed by atoms with E-state index in [1.54, 1.807) is 4.90 Å². The summed E-state index contributed by atoms with van der Waals surface area (Å²) in [7, 11) is 0. The molecule has 2 aliphatic heterocycles. The number of carbonyl (C=O) groups excluding carboxylic acids is 4. The minimum absolute atomic E-state index is 0.0664. The van der Waals surface area contributed by atoms with Gasteiger partial charge in [-0.1, -0.05) is 23.2 Å². The van der Waals surface area contributed by atoms with Crippen molar-refractivity contribution < 1.29 is 64.8 Å². The van der Waals surface area contributed by atoms with Crippen LogP contribution in [0.15, 0.2) is 61.2 Å². The van der Waals surface area contributed by atoms with E-state index in [2.05, 4.69) is 30.6 Å². The number of aromatic hydroxyl groups is 1. The third-order valence-corrected chi connectivity index (χ3v) is 8.19. The average Bonchev–Trinajstić information content (AvgIpc) is 3.20. The summed E-state index contributed by atoms with van der Waals surface area (Å²) in [6.45, 7) is 3.90. The topological polar surface area (TPSA) is 198 Å². The second kappa shape index (κ2) is 20.9. The fourth-order valence-corrected chi connectivity index (χ4v) is 5.06. The van der Waals surface area contributed by atoms with Gasteiger partial charge in [0.25, 0.3) is 11.8 Å². The van der Waals surface area contributed by atoms with E-state index in [4.69, 9.17) is 49.0 Å². The lowest BCUT2D eigenvalue weighted by Gasteiger charge is -2.26. The van der Waals surface area contributed by atoms with Crippen LogP contribution in [0.3, 0.4) is 0 Å². The van der Waals surface area contributed by atoms with E-state index in [9.17, 15) is 50.6 Å². The molecule has 2 aliphatic rings. The van der Waals surface area contributed by atoms with Gasteiger partial charge in [0.2, 0.25) is 0 Å². The molecule has 4 heterocycles. The van der Waals surface area contributed by atoms with Crippen molar-refractivity contribution in [1.29, 1.82) is 0 Å². The highest BCUT2D eigenvalue weighted by atomic mass is 35.5. The number of amides is 4. The molecule has 0 bridgehead atoms. The van der Waals surface area contributed by atoms with E-state index < -0.39 is 41.6 Å². The lowest BCUT2D eigenvalue weighted by atomic mass is 10.2. The number of phenolic OH excluding ortho intramolecular Hbond substituents is 1. The van der Waals surface area contributed by atoms with E-state index in [-0.39, 0.29) is 49.7 Å². The van der Waals surface area contributed by atoms with Crippen molar-refractivity contribution in [2.75, 3.05) is 63.2 Å². The van der Waals surface area contributed by atoms with Gasteiger partial charge in [-0.05, 0) is 48.0 Å². The Kier molecular flexibility index (Phi) is 16.4. The number of aromatic nitrogens is 4. The van der Waals surface area contributed by atoms with Crippen LogP contribution in [0.2, 0.25) is 10.0 Å². The molecular formula is C34H29Cl3F6N8O8.